The number of hydrogen-bond donors (Lipinski definition) is 0. The predicted octanol–water partition coefficient (Wildman–Crippen LogP) is 4.10. The van der Waals surface area contributed by atoms with Gasteiger partial charge in [-0.2, -0.15) is 0 Å². The molecule has 0 amide bonds. The summed E-state index contributed by atoms with van der Waals surface area (Å²) in [5.41, 5.74) is 2.40. The molecule has 0 aliphatic heterocycles. The van der Waals surface area contributed by atoms with Crippen LogP contribution in [0.4, 0.5) is 0 Å². The lowest BCUT2D eigenvalue weighted by Crippen LogP contribution is -2.17. The first kappa shape index (κ1) is 12.9. The minimum atomic E-state index is 0.874. The van der Waals surface area contributed by atoms with E-state index >= 15 is 0 Å². The number of benzene rings is 1. The van der Waals surface area contributed by atoms with Crippen molar-refractivity contribution in [2.24, 2.45) is 5.92 Å². The van der Waals surface area contributed by atoms with E-state index in [0.717, 1.165) is 25.9 Å². The number of rotatable bonds is 4. The first-order valence-electron chi connectivity index (χ1n) is 6.62. The molecule has 0 saturated heterocycles. The minimum Gasteiger partial charge on any atom is -0.496 e. The summed E-state index contributed by atoms with van der Waals surface area (Å²) in [7, 11) is 2.91. The van der Waals surface area contributed by atoms with Crippen molar-refractivity contribution < 1.29 is 4.74 Å². The predicted molar refractivity (Wildman–Crippen MR) is 76.7 cm³/mol. The Bertz CT molecular complexity index is 343. The second-order valence-electron chi connectivity index (χ2n) is 5.02. The van der Waals surface area contributed by atoms with Crippen molar-refractivity contribution in [2.75, 3.05) is 13.8 Å². The summed E-state index contributed by atoms with van der Waals surface area (Å²) in [4.78, 5) is 0. The lowest BCUT2D eigenvalue weighted by Gasteiger charge is -2.28. The smallest absolute Gasteiger partial charge is 0.122 e. The van der Waals surface area contributed by atoms with Crippen LogP contribution in [0.25, 0.3) is 0 Å². The van der Waals surface area contributed by atoms with Gasteiger partial charge in [-0.15, -0.1) is 8.58 Å². The van der Waals surface area contributed by atoms with E-state index in [0.29, 0.717) is 0 Å². The van der Waals surface area contributed by atoms with Crippen molar-refractivity contribution in [1.29, 1.82) is 0 Å². The average molecular weight is 250 g/mol. The van der Waals surface area contributed by atoms with E-state index in [4.69, 9.17) is 4.74 Å². The topological polar surface area (TPSA) is 9.23 Å². The van der Waals surface area contributed by atoms with Crippen LogP contribution in [0.3, 0.4) is 0 Å². The third kappa shape index (κ3) is 3.45. The third-order valence-corrected chi connectivity index (χ3v) is 5.35. The molecule has 94 valence electrons. The number of para-hydroxylation sites is 1. The highest BCUT2D eigenvalue weighted by Gasteiger charge is 2.20. The fraction of sp³-hybridized carbons (Fsp3) is 0.600. The Hall–Kier alpha value is -0.550. The Kier molecular flexibility index (Phi) is 4.86. The first-order valence-corrected chi connectivity index (χ1v) is 8.20. The van der Waals surface area contributed by atoms with Gasteiger partial charge in [0.2, 0.25) is 0 Å². The maximum absolute atomic E-state index is 5.43. The molecule has 1 unspecified atom stereocenters. The molecule has 1 nitrogen and oxygen atoms in total. The second-order valence-corrected chi connectivity index (χ2v) is 6.42. The number of methoxy groups -OCH3 is 1. The van der Waals surface area contributed by atoms with Crippen LogP contribution >= 0.6 is 8.58 Å². The van der Waals surface area contributed by atoms with Gasteiger partial charge in [0.15, 0.2) is 0 Å². The molecule has 1 aromatic rings. The Morgan fingerprint density at radius 3 is 2.53 bits per heavy atom. The zero-order chi connectivity index (χ0) is 12.1. The lowest BCUT2D eigenvalue weighted by molar-refractivity contribution is 0.353. The van der Waals surface area contributed by atoms with Gasteiger partial charge < -0.3 is 4.74 Å². The van der Waals surface area contributed by atoms with Crippen LogP contribution in [0.5, 0.6) is 5.75 Å². The van der Waals surface area contributed by atoms with E-state index < -0.39 is 0 Å². The van der Waals surface area contributed by atoms with Crippen LogP contribution in [0.1, 0.15) is 31.2 Å². The molecule has 1 aromatic carbocycles. The van der Waals surface area contributed by atoms with Crippen molar-refractivity contribution in [3.8, 4) is 5.75 Å². The van der Waals surface area contributed by atoms with Crippen molar-refractivity contribution in [3.63, 3.8) is 0 Å². The van der Waals surface area contributed by atoms with Gasteiger partial charge in [0.05, 0.1) is 7.11 Å². The molecule has 0 bridgehead atoms. The zero-order valence-corrected chi connectivity index (χ0v) is 11.9. The van der Waals surface area contributed by atoms with Crippen LogP contribution in [0.2, 0.25) is 0 Å². The van der Waals surface area contributed by atoms with E-state index in [-0.39, 0.29) is 0 Å². The molecule has 2 heteroatoms. The fourth-order valence-electron chi connectivity index (χ4n) is 2.84. The molecule has 0 heterocycles. The maximum Gasteiger partial charge on any atom is 0.122 e. The van der Waals surface area contributed by atoms with Gasteiger partial charge in [-0.05, 0) is 62.0 Å². The Morgan fingerprint density at radius 2 is 1.88 bits per heavy atom. The van der Waals surface area contributed by atoms with Crippen LogP contribution in [0, 0.1) is 5.92 Å². The van der Waals surface area contributed by atoms with Crippen molar-refractivity contribution in [3.05, 3.63) is 29.8 Å². The van der Waals surface area contributed by atoms with Gasteiger partial charge in [-0.1, -0.05) is 18.2 Å². The van der Waals surface area contributed by atoms with Crippen LogP contribution in [0.15, 0.2) is 24.3 Å². The fourth-order valence-corrected chi connectivity index (χ4v) is 3.75. The molecule has 2 rings (SSSR count). The van der Waals surface area contributed by atoms with Crippen molar-refractivity contribution >= 4 is 8.58 Å². The van der Waals surface area contributed by atoms with Gasteiger partial charge in [0.1, 0.15) is 5.75 Å². The summed E-state index contributed by atoms with van der Waals surface area (Å²) >= 11 is 0. The molecule has 0 N–H and O–H groups in total. The molecule has 1 saturated carbocycles. The quantitative estimate of drug-likeness (QED) is 0.731. The summed E-state index contributed by atoms with van der Waals surface area (Å²) in [5, 5.41) is 0. The lowest BCUT2D eigenvalue weighted by atomic mass is 9.84. The monoisotopic (exact) mass is 250 g/mol. The maximum atomic E-state index is 5.43. The normalized spacial score (nSPS) is 25.3. The van der Waals surface area contributed by atoms with Crippen molar-refractivity contribution in [2.45, 2.75) is 37.8 Å². The largest absolute Gasteiger partial charge is 0.496 e. The van der Waals surface area contributed by atoms with E-state index in [9.17, 15) is 0 Å². The Balaban J connectivity index is 1.93. The molecule has 1 atom stereocenters. The second kappa shape index (κ2) is 6.40. The van der Waals surface area contributed by atoms with Gasteiger partial charge in [-0.25, -0.2) is 0 Å². The van der Waals surface area contributed by atoms with Crippen LogP contribution in [-0.2, 0) is 6.42 Å². The number of hydrogen-bond acceptors (Lipinski definition) is 1. The molecule has 1 fully saturated rings. The Labute approximate surface area is 107 Å². The SMILES string of the molecule is COc1ccccc1CC1CCC(PC)CC1. The molecular formula is C15H23OP. The van der Waals surface area contributed by atoms with E-state index in [2.05, 4.69) is 30.9 Å². The summed E-state index contributed by atoms with van der Waals surface area (Å²) in [6.07, 6.45) is 6.89. The number of ether oxygens (including phenoxy) is 1. The van der Waals surface area contributed by atoms with Crippen molar-refractivity contribution in [1.82, 2.24) is 0 Å². The third-order valence-electron chi connectivity index (χ3n) is 3.96. The molecule has 1 aliphatic rings. The molecular weight excluding hydrogens is 227 g/mol. The van der Waals surface area contributed by atoms with Crippen LogP contribution in [-0.4, -0.2) is 19.4 Å². The summed E-state index contributed by atoms with van der Waals surface area (Å²) in [6.45, 7) is 2.35. The van der Waals surface area contributed by atoms with Gasteiger partial charge in [-0.3, -0.25) is 0 Å². The molecule has 1 aliphatic carbocycles. The summed E-state index contributed by atoms with van der Waals surface area (Å²) in [5.74, 6) is 1.94. The molecule has 0 radical (unpaired) electrons. The van der Waals surface area contributed by atoms with E-state index in [1.807, 2.05) is 0 Å². The van der Waals surface area contributed by atoms with Gasteiger partial charge in [0.25, 0.3) is 0 Å². The summed E-state index contributed by atoms with van der Waals surface area (Å²) in [6, 6.07) is 8.47. The standard InChI is InChI=1S/C15H23OP/c1-16-15-6-4-3-5-13(15)11-12-7-9-14(17-2)10-8-12/h3-6,12,14,17H,7-11H2,1-2H3. The van der Waals surface area contributed by atoms with Gasteiger partial charge in [0, 0.05) is 0 Å². The van der Waals surface area contributed by atoms with Gasteiger partial charge >= 0.3 is 0 Å². The highest BCUT2D eigenvalue weighted by molar-refractivity contribution is 7.37. The van der Waals surface area contributed by atoms with Crippen LogP contribution < -0.4 is 4.74 Å². The minimum absolute atomic E-state index is 0.874. The summed E-state index contributed by atoms with van der Waals surface area (Å²) < 4.78 is 5.43. The Morgan fingerprint density at radius 1 is 1.18 bits per heavy atom. The molecule has 0 spiro atoms. The van der Waals surface area contributed by atoms with E-state index in [1.54, 1.807) is 7.11 Å². The molecule has 17 heavy (non-hydrogen) atoms. The highest BCUT2D eigenvalue weighted by atomic mass is 31.1. The average Bonchev–Trinajstić information content (AvgIpc) is 2.40. The van der Waals surface area contributed by atoms with E-state index in [1.165, 1.54) is 37.7 Å². The molecule has 0 aromatic heterocycles. The highest BCUT2D eigenvalue weighted by Crippen LogP contribution is 2.36. The zero-order valence-electron chi connectivity index (χ0n) is 10.9. The first-order chi connectivity index (χ1) is 8.33.